The fourth-order valence-corrected chi connectivity index (χ4v) is 1.24. The van der Waals surface area contributed by atoms with E-state index < -0.39 is 0 Å². The quantitative estimate of drug-likeness (QED) is 0.331. The highest BCUT2D eigenvalue weighted by atomic mass is 16.4. The lowest BCUT2D eigenvalue weighted by molar-refractivity contribution is 0.0813. The predicted octanol–water partition coefficient (Wildman–Crippen LogP) is 0.208. The van der Waals surface area contributed by atoms with Gasteiger partial charge in [-0.2, -0.15) is 0 Å². The van der Waals surface area contributed by atoms with Gasteiger partial charge >= 0.3 is 0 Å². The molecular formula is C10H14N4O2. The van der Waals surface area contributed by atoms with Crippen molar-refractivity contribution in [2.24, 2.45) is 10.9 Å². The number of carbonyl (C=O) groups is 1. The van der Waals surface area contributed by atoms with Crippen LogP contribution in [0.25, 0.3) is 0 Å². The molecule has 1 aromatic heterocycles. The molecule has 6 nitrogen and oxygen atoms in total. The van der Waals surface area contributed by atoms with E-state index in [1.165, 1.54) is 11.1 Å². The lowest BCUT2D eigenvalue weighted by Crippen LogP contribution is -2.35. The molecule has 0 radical (unpaired) electrons. The number of rotatable bonds is 3. The smallest absolute Gasteiger partial charge is 0.255 e. The van der Waals surface area contributed by atoms with Gasteiger partial charge in [-0.15, -0.1) is 0 Å². The molecule has 6 heteroatoms. The van der Waals surface area contributed by atoms with Gasteiger partial charge in [0.25, 0.3) is 5.91 Å². The summed E-state index contributed by atoms with van der Waals surface area (Å²) in [5, 5.41) is 11.2. The van der Waals surface area contributed by atoms with E-state index in [0.29, 0.717) is 5.56 Å². The molecule has 0 unspecified atom stereocenters. The van der Waals surface area contributed by atoms with Gasteiger partial charge in [-0.1, -0.05) is 5.16 Å². The molecule has 16 heavy (non-hydrogen) atoms. The van der Waals surface area contributed by atoms with Crippen molar-refractivity contribution in [2.45, 2.75) is 6.92 Å². The average Bonchev–Trinajstić information content (AvgIpc) is 2.27. The Bertz CT molecular complexity index is 417. The third-order valence-electron chi connectivity index (χ3n) is 2.00. The molecular weight excluding hydrogens is 208 g/mol. The molecule has 0 spiro atoms. The van der Waals surface area contributed by atoms with Crippen molar-refractivity contribution >= 4 is 11.7 Å². The van der Waals surface area contributed by atoms with Gasteiger partial charge in [-0.3, -0.25) is 9.78 Å². The molecule has 3 N–H and O–H groups in total. The number of nitrogens with zero attached hydrogens (tertiary/aromatic N) is 3. The maximum Gasteiger partial charge on any atom is 0.255 e. The van der Waals surface area contributed by atoms with Gasteiger partial charge in [0.05, 0.1) is 12.1 Å². The molecule has 0 atom stereocenters. The van der Waals surface area contributed by atoms with Gasteiger partial charge in [-0.25, -0.2) is 0 Å². The van der Waals surface area contributed by atoms with Gasteiger partial charge in [0.2, 0.25) is 0 Å². The normalized spacial score (nSPS) is 11.2. The van der Waals surface area contributed by atoms with Crippen molar-refractivity contribution < 1.29 is 10.0 Å². The van der Waals surface area contributed by atoms with Crippen molar-refractivity contribution in [1.29, 1.82) is 0 Å². The Morgan fingerprint density at radius 1 is 1.62 bits per heavy atom. The molecule has 0 aliphatic heterocycles. The van der Waals surface area contributed by atoms with E-state index >= 15 is 0 Å². The largest absolute Gasteiger partial charge is 0.409 e. The highest BCUT2D eigenvalue weighted by Crippen LogP contribution is 2.04. The first kappa shape index (κ1) is 12.0. The monoisotopic (exact) mass is 222 g/mol. The molecule has 1 rings (SSSR count). The van der Waals surface area contributed by atoms with Crippen LogP contribution in [0.4, 0.5) is 0 Å². The highest BCUT2D eigenvalue weighted by Gasteiger charge is 2.13. The van der Waals surface area contributed by atoms with E-state index in [-0.39, 0.29) is 18.3 Å². The second-order valence-corrected chi connectivity index (χ2v) is 3.50. The number of likely N-dealkylation sites (N-methyl/N-ethyl adjacent to an activating group) is 1. The third kappa shape index (κ3) is 2.94. The van der Waals surface area contributed by atoms with Crippen LogP contribution in [0.2, 0.25) is 0 Å². The van der Waals surface area contributed by atoms with Crippen molar-refractivity contribution in [3.8, 4) is 0 Å². The zero-order chi connectivity index (χ0) is 12.1. The minimum atomic E-state index is -0.220. The van der Waals surface area contributed by atoms with Crippen LogP contribution in [-0.2, 0) is 0 Å². The molecule has 1 heterocycles. The number of oxime groups is 1. The fourth-order valence-electron chi connectivity index (χ4n) is 1.24. The Labute approximate surface area is 93.4 Å². The first-order valence-electron chi connectivity index (χ1n) is 4.68. The van der Waals surface area contributed by atoms with Crippen LogP contribution in [0.1, 0.15) is 15.9 Å². The molecule has 1 aromatic rings. The Morgan fingerprint density at radius 3 is 2.88 bits per heavy atom. The maximum absolute atomic E-state index is 11.8. The Kier molecular flexibility index (Phi) is 3.82. The summed E-state index contributed by atoms with van der Waals surface area (Å²) in [7, 11) is 1.57. The number of pyridine rings is 1. The van der Waals surface area contributed by atoms with Crippen LogP contribution in [0.3, 0.4) is 0 Å². The topological polar surface area (TPSA) is 91.8 Å². The van der Waals surface area contributed by atoms with E-state index in [9.17, 15) is 4.79 Å². The van der Waals surface area contributed by atoms with Crippen molar-refractivity contribution in [3.05, 3.63) is 29.6 Å². The van der Waals surface area contributed by atoms with Crippen LogP contribution in [0.5, 0.6) is 0 Å². The van der Waals surface area contributed by atoms with Crippen LogP contribution < -0.4 is 5.73 Å². The molecule has 0 bridgehead atoms. The van der Waals surface area contributed by atoms with Gasteiger partial charge in [-0.05, 0) is 18.6 Å². The number of hydrogen-bond acceptors (Lipinski definition) is 4. The van der Waals surface area contributed by atoms with E-state index in [2.05, 4.69) is 10.1 Å². The summed E-state index contributed by atoms with van der Waals surface area (Å²) in [6, 6.07) is 1.73. The molecule has 1 amide bonds. The lowest BCUT2D eigenvalue weighted by Gasteiger charge is -2.15. The van der Waals surface area contributed by atoms with Gasteiger partial charge in [0.15, 0.2) is 5.84 Å². The van der Waals surface area contributed by atoms with Gasteiger partial charge in [0.1, 0.15) is 0 Å². The van der Waals surface area contributed by atoms with E-state index in [0.717, 1.165) is 5.56 Å². The minimum absolute atomic E-state index is 0.0172. The molecule has 0 saturated carbocycles. The second-order valence-electron chi connectivity index (χ2n) is 3.50. The molecule has 0 saturated heterocycles. The summed E-state index contributed by atoms with van der Waals surface area (Å²) in [4.78, 5) is 17.1. The summed E-state index contributed by atoms with van der Waals surface area (Å²) in [5.74, 6) is -0.237. The Morgan fingerprint density at radius 2 is 2.31 bits per heavy atom. The number of nitrogens with two attached hydrogens (primary N) is 1. The fraction of sp³-hybridized carbons (Fsp3) is 0.300. The molecule has 0 aliphatic carbocycles. The highest BCUT2D eigenvalue weighted by molar-refractivity contribution is 5.96. The number of carbonyl (C=O) groups excluding carboxylic acids is 1. The number of aromatic nitrogens is 1. The molecule has 0 aromatic carbocycles. The number of amides is 1. The number of aryl methyl sites for hydroxylation is 1. The van der Waals surface area contributed by atoms with Gasteiger partial charge < -0.3 is 15.8 Å². The summed E-state index contributed by atoms with van der Waals surface area (Å²) in [5.41, 5.74) is 6.70. The predicted molar refractivity (Wildman–Crippen MR) is 59.3 cm³/mol. The minimum Gasteiger partial charge on any atom is -0.409 e. The van der Waals surface area contributed by atoms with Gasteiger partial charge in [0, 0.05) is 19.4 Å². The second kappa shape index (κ2) is 5.11. The SMILES string of the molecule is Cc1cncc(C(=O)N(C)CC(N)=NO)c1. The standard InChI is InChI=1S/C10H14N4O2/c1-7-3-8(5-12-4-7)10(15)14(2)6-9(11)13-16/h3-5,16H,6H2,1-2H3,(H2,11,13). The summed E-state index contributed by atoms with van der Waals surface area (Å²) in [6.45, 7) is 1.93. The third-order valence-corrected chi connectivity index (χ3v) is 2.00. The molecule has 0 fully saturated rings. The number of hydrogen-bond donors (Lipinski definition) is 2. The average molecular weight is 222 g/mol. The van der Waals surface area contributed by atoms with Crippen LogP contribution in [-0.4, -0.2) is 40.4 Å². The van der Waals surface area contributed by atoms with Crippen molar-refractivity contribution in [2.75, 3.05) is 13.6 Å². The first-order chi connectivity index (χ1) is 7.54. The molecule has 86 valence electrons. The lowest BCUT2D eigenvalue weighted by atomic mass is 10.2. The summed E-state index contributed by atoms with van der Waals surface area (Å²) in [6.07, 6.45) is 3.15. The maximum atomic E-state index is 11.8. The van der Waals surface area contributed by atoms with Crippen molar-refractivity contribution in [1.82, 2.24) is 9.88 Å². The Balaban J connectivity index is 2.78. The zero-order valence-corrected chi connectivity index (χ0v) is 9.21. The van der Waals surface area contributed by atoms with E-state index in [1.54, 1.807) is 19.3 Å². The van der Waals surface area contributed by atoms with Crippen molar-refractivity contribution in [3.63, 3.8) is 0 Å². The first-order valence-corrected chi connectivity index (χ1v) is 4.68. The van der Waals surface area contributed by atoms with Crippen LogP contribution in [0, 0.1) is 6.92 Å². The summed E-state index contributed by atoms with van der Waals surface area (Å²) < 4.78 is 0. The van der Waals surface area contributed by atoms with E-state index in [4.69, 9.17) is 10.9 Å². The number of amidine groups is 1. The van der Waals surface area contributed by atoms with Crippen LogP contribution in [0.15, 0.2) is 23.6 Å². The summed E-state index contributed by atoms with van der Waals surface area (Å²) >= 11 is 0. The van der Waals surface area contributed by atoms with Crippen LogP contribution >= 0.6 is 0 Å². The zero-order valence-electron chi connectivity index (χ0n) is 9.21. The van der Waals surface area contributed by atoms with E-state index in [1.807, 2.05) is 6.92 Å². The molecule has 0 aliphatic rings. The Hall–Kier alpha value is -2.11.